The average molecular weight is 700 g/mol. The van der Waals surface area contributed by atoms with E-state index in [2.05, 4.69) is 50.7 Å². The van der Waals surface area contributed by atoms with Crippen molar-refractivity contribution in [3.05, 3.63) is 33.7 Å². The molecule has 4 fully saturated rings. The number of hydrogen-bond acceptors (Lipinski definition) is 7. The Morgan fingerprint density at radius 3 is 2.57 bits per heavy atom. The predicted octanol–water partition coefficient (Wildman–Crippen LogP) is 6.54. The highest BCUT2D eigenvalue weighted by Crippen LogP contribution is 2.41. The van der Waals surface area contributed by atoms with Crippen molar-refractivity contribution in [1.29, 1.82) is 5.26 Å². The van der Waals surface area contributed by atoms with Crippen molar-refractivity contribution in [3.8, 4) is 11.9 Å². The monoisotopic (exact) mass is 698 g/mol. The van der Waals surface area contributed by atoms with E-state index in [1.165, 1.54) is 12.8 Å². The van der Waals surface area contributed by atoms with Crippen molar-refractivity contribution in [2.24, 2.45) is 5.92 Å². The highest BCUT2D eigenvalue weighted by molar-refractivity contribution is 9.10. The van der Waals surface area contributed by atoms with Crippen LogP contribution in [0.15, 0.2) is 16.6 Å². The smallest absolute Gasteiger partial charge is 0.410 e. The maximum atomic E-state index is 15.2. The molecule has 1 aromatic carbocycles. The van der Waals surface area contributed by atoms with E-state index in [1.807, 2.05) is 49.6 Å². The molecule has 0 spiro atoms. The number of amides is 2. The third kappa shape index (κ3) is 7.26. The lowest BCUT2D eigenvalue weighted by molar-refractivity contribution is -0.137. The zero-order valence-corrected chi connectivity index (χ0v) is 29.2. The SMILES string of the molecule is CC(C)(C)OC(=O)N1CC2CC1C2.CCOc1nc2c(F)c(Br)c(CCC#N)cc2c2[nH]c(CN3CCN(C(C)C)CC3=O)cc12. The van der Waals surface area contributed by atoms with Gasteiger partial charge in [-0.25, -0.2) is 14.2 Å². The molecule has 1 aliphatic carbocycles. The number of aromatic nitrogens is 2. The fraction of sp³-hybridized carbons (Fsp3) is 0.588. The number of ether oxygens (including phenoxy) is 2. The van der Waals surface area contributed by atoms with Gasteiger partial charge in [0, 0.05) is 49.2 Å². The summed E-state index contributed by atoms with van der Waals surface area (Å²) in [6.07, 6.45) is 2.98. The van der Waals surface area contributed by atoms with Crippen LogP contribution in [0.1, 0.15) is 72.1 Å². The number of carbonyl (C=O) groups excluding carboxylic acids is 2. The number of aromatic amines is 1. The van der Waals surface area contributed by atoms with Crippen molar-refractivity contribution in [2.75, 3.05) is 32.8 Å². The van der Waals surface area contributed by atoms with Gasteiger partial charge in [0.05, 0.1) is 41.1 Å². The van der Waals surface area contributed by atoms with Crippen molar-refractivity contribution < 1.29 is 23.5 Å². The van der Waals surface area contributed by atoms with E-state index in [0.717, 1.165) is 35.6 Å². The first kappa shape index (κ1) is 33.9. The van der Waals surface area contributed by atoms with Crippen LogP contribution in [0.2, 0.25) is 0 Å². The highest BCUT2D eigenvalue weighted by Gasteiger charge is 2.46. The van der Waals surface area contributed by atoms with Gasteiger partial charge in [-0.3, -0.25) is 9.69 Å². The van der Waals surface area contributed by atoms with Crippen molar-refractivity contribution in [3.63, 3.8) is 0 Å². The molecular weight excluding hydrogens is 655 g/mol. The Kier molecular flexibility index (Phi) is 10.1. The number of piperazine rings is 1. The summed E-state index contributed by atoms with van der Waals surface area (Å²) >= 11 is 3.33. The number of nitrogens with one attached hydrogen (secondary N) is 1. The molecule has 10 nitrogen and oxygen atoms in total. The molecule has 3 aromatic rings. The fourth-order valence-corrected chi connectivity index (χ4v) is 6.84. The number of hydrogen-bond donors (Lipinski definition) is 1. The van der Waals surface area contributed by atoms with Crippen LogP contribution in [0.25, 0.3) is 21.8 Å². The molecule has 3 aliphatic heterocycles. The zero-order chi connectivity index (χ0) is 33.3. The highest BCUT2D eigenvalue weighted by atomic mass is 79.9. The minimum Gasteiger partial charge on any atom is -0.477 e. The van der Waals surface area contributed by atoms with Gasteiger partial charge in [-0.1, -0.05) is 0 Å². The van der Waals surface area contributed by atoms with Crippen molar-refractivity contribution >= 4 is 49.7 Å². The van der Waals surface area contributed by atoms with Gasteiger partial charge in [0.2, 0.25) is 11.8 Å². The first-order valence-corrected chi connectivity index (χ1v) is 16.9. The number of benzene rings is 1. The van der Waals surface area contributed by atoms with Crippen LogP contribution in [0.5, 0.6) is 5.88 Å². The maximum absolute atomic E-state index is 15.2. The lowest BCUT2D eigenvalue weighted by atomic mass is 9.86. The minimum atomic E-state index is -0.473. The van der Waals surface area contributed by atoms with E-state index in [1.54, 1.807) is 0 Å². The minimum absolute atomic E-state index is 0.0929. The van der Waals surface area contributed by atoms with E-state index in [0.29, 0.717) is 66.0 Å². The Morgan fingerprint density at radius 2 is 1.98 bits per heavy atom. The second-order valence-corrected chi connectivity index (χ2v) is 14.4. The summed E-state index contributed by atoms with van der Waals surface area (Å²) < 4.78 is 26.6. The number of aryl methyl sites for hydroxylation is 1. The van der Waals surface area contributed by atoms with Gasteiger partial charge in [-0.2, -0.15) is 5.26 Å². The molecule has 46 heavy (non-hydrogen) atoms. The third-order valence-electron chi connectivity index (χ3n) is 8.80. The molecule has 4 aliphatic rings. The van der Waals surface area contributed by atoms with Crippen LogP contribution < -0.4 is 4.74 Å². The number of nitriles is 1. The molecular formula is C34H44BrFN6O4. The Labute approximate surface area is 278 Å². The molecule has 2 aromatic heterocycles. The summed E-state index contributed by atoms with van der Waals surface area (Å²) in [6, 6.07) is 6.74. The number of fused-ring (bicyclic) bond motifs is 4. The summed E-state index contributed by atoms with van der Waals surface area (Å²) in [5, 5.41) is 10.3. The molecule has 0 atom stereocenters. The van der Waals surface area contributed by atoms with Crippen molar-refractivity contribution in [1.82, 2.24) is 24.7 Å². The number of halogens is 2. The lowest BCUT2D eigenvalue weighted by Crippen LogP contribution is -2.51. The molecule has 1 saturated carbocycles. The molecule has 0 radical (unpaired) electrons. The van der Waals surface area contributed by atoms with Crippen molar-refractivity contribution in [2.45, 2.75) is 91.5 Å². The second kappa shape index (κ2) is 13.7. The molecule has 3 saturated heterocycles. The van der Waals surface area contributed by atoms with Crippen LogP contribution in [0.3, 0.4) is 0 Å². The van der Waals surface area contributed by atoms with Crippen LogP contribution in [-0.2, 0) is 22.5 Å². The molecule has 12 heteroatoms. The topological polar surface area (TPSA) is 115 Å². The standard InChI is InChI=1S/C24H27BrFN5O2.C10H17NO2/c1-4-33-24-18-11-16(12-31-9-8-30(14(2)3)13-19(31)32)28-22(18)17-10-15(6-5-7-27)20(25)21(26)23(17)29-24;1-10(2,3)13-9(12)11-6-7-4-8(11)5-7/h10-11,14,28H,4-6,8-9,12-13H2,1-3H3;7-8H,4-6H2,1-3H3. The summed E-state index contributed by atoms with van der Waals surface area (Å²) in [7, 11) is 0. The van der Waals surface area contributed by atoms with Crippen LogP contribution >= 0.6 is 15.9 Å². The summed E-state index contributed by atoms with van der Waals surface area (Å²) in [4.78, 5) is 38.1. The second-order valence-electron chi connectivity index (χ2n) is 13.7. The van der Waals surface area contributed by atoms with Gasteiger partial charge in [0.15, 0.2) is 5.82 Å². The maximum Gasteiger partial charge on any atom is 0.410 e. The molecule has 248 valence electrons. The zero-order valence-electron chi connectivity index (χ0n) is 27.6. The average Bonchev–Trinajstić information content (AvgIpc) is 3.70. The lowest BCUT2D eigenvalue weighted by Gasteiger charge is -2.36. The largest absolute Gasteiger partial charge is 0.477 e. The summed E-state index contributed by atoms with van der Waals surface area (Å²) in [6.45, 7) is 15.4. The Bertz CT molecular complexity index is 1660. The number of H-pyrrole nitrogens is 1. The van der Waals surface area contributed by atoms with E-state index in [-0.39, 0.29) is 29.5 Å². The number of carbonyl (C=O) groups is 2. The molecule has 5 heterocycles. The quantitative estimate of drug-likeness (QED) is 0.298. The van der Waals surface area contributed by atoms with Gasteiger partial charge in [-0.15, -0.1) is 0 Å². The normalized spacial score (nSPS) is 19.7. The van der Waals surface area contributed by atoms with Crippen LogP contribution in [0.4, 0.5) is 9.18 Å². The Morgan fingerprint density at radius 1 is 1.24 bits per heavy atom. The van der Waals surface area contributed by atoms with Gasteiger partial charge < -0.3 is 24.3 Å². The summed E-state index contributed by atoms with van der Waals surface area (Å²) in [5.74, 6) is 0.737. The molecule has 2 amide bonds. The first-order valence-electron chi connectivity index (χ1n) is 16.1. The number of nitrogens with zero attached hydrogens (tertiary/aromatic N) is 5. The van der Waals surface area contributed by atoms with Gasteiger partial charge in [0.25, 0.3) is 0 Å². The number of pyridine rings is 1. The molecule has 2 bridgehead atoms. The van der Waals surface area contributed by atoms with Crippen LogP contribution in [-0.4, -0.2) is 87.1 Å². The molecule has 1 N–H and O–H groups in total. The van der Waals surface area contributed by atoms with E-state index in [9.17, 15) is 9.59 Å². The predicted molar refractivity (Wildman–Crippen MR) is 178 cm³/mol. The first-order chi connectivity index (χ1) is 21.8. The van der Waals surface area contributed by atoms with Gasteiger partial charge in [0.1, 0.15) is 11.1 Å². The fourth-order valence-electron chi connectivity index (χ4n) is 6.34. The van der Waals surface area contributed by atoms with Gasteiger partial charge in [-0.05, 0) is 100 Å². The molecule has 0 unspecified atom stereocenters. The Hall–Kier alpha value is -3.43. The number of rotatable bonds is 7. The molecule has 7 rings (SSSR count). The van der Waals surface area contributed by atoms with E-state index < -0.39 is 5.82 Å². The van der Waals surface area contributed by atoms with E-state index in [4.69, 9.17) is 14.7 Å². The Balaban J connectivity index is 0.000000266. The summed E-state index contributed by atoms with van der Waals surface area (Å²) in [5.41, 5.74) is 2.12. The van der Waals surface area contributed by atoms with Gasteiger partial charge >= 0.3 is 6.09 Å². The van der Waals surface area contributed by atoms with Crippen LogP contribution in [0, 0.1) is 23.1 Å². The third-order valence-corrected chi connectivity index (χ3v) is 9.66. The van der Waals surface area contributed by atoms with E-state index >= 15 is 4.39 Å².